The number of hydrogen-bond donors (Lipinski definition) is 0. The van der Waals surface area contributed by atoms with E-state index in [1.165, 1.54) is 49.7 Å². The lowest BCUT2D eigenvalue weighted by Gasteiger charge is -2.41. The highest BCUT2D eigenvalue weighted by Gasteiger charge is 2.48. The first-order chi connectivity index (χ1) is 10.7. The summed E-state index contributed by atoms with van der Waals surface area (Å²) in [6.07, 6.45) is 10.1. The third-order valence-electron chi connectivity index (χ3n) is 7.56. The Morgan fingerprint density at radius 3 is 2.35 bits per heavy atom. The molecule has 2 rings (SSSR count). The van der Waals surface area contributed by atoms with Crippen LogP contribution in [0.25, 0.3) is 0 Å². The Kier molecular flexibility index (Phi) is 5.34. The average molecular weight is 315 g/mol. The summed E-state index contributed by atoms with van der Waals surface area (Å²) in [6, 6.07) is 0. The third-order valence-corrected chi connectivity index (χ3v) is 7.56. The average Bonchev–Trinajstić information content (AvgIpc) is 2.96. The second-order valence-electron chi connectivity index (χ2n) is 9.30. The van der Waals surface area contributed by atoms with Gasteiger partial charge in [-0.15, -0.1) is 6.58 Å². The fourth-order valence-electron chi connectivity index (χ4n) is 5.74. The monoisotopic (exact) mass is 314 g/mol. The Morgan fingerprint density at radius 1 is 1.22 bits per heavy atom. The fraction of sp³-hybridized carbons (Fsp3) is 0.739. The van der Waals surface area contributed by atoms with E-state index in [9.17, 15) is 0 Å². The zero-order chi connectivity index (χ0) is 17.4. The molecule has 2 fully saturated rings. The first-order valence-corrected chi connectivity index (χ1v) is 9.63. The molecule has 2 aliphatic carbocycles. The zero-order valence-corrected chi connectivity index (χ0v) is 16.3. The maximum absolute atomic E-state index is 4.49. The largest absolute Gasteiger partial charge is 0.103 e. The van der Waals surface area contributed by atoms with Gasteiger partial charge in [-0.25, -0.2) is 0 Å². The van der Waals surface area contributed by atoms with Gasteiger partial charge in [0.1, 0.15) is 0 Å². The molecule has 5 atom stereocenters. The standard InChI is InChI=1S/C23H38/c1-9-19-10-11-21(17(4)5)23(19,8)15-14-22(7)13-12-20(16(2)3)18(22)6/h9,17,19-21H,1-2,6,10-15H2,3-5,7-8H3/t19?,20?,21-,22?,23+/m1/s1. The summed E-state index contributed by atoms with van der Waals surface area (Å²) in [5.41, 5.74) is 3.47. The van der Waals surface area contributed by atoms with Gasteiger partial charge in [-0.1, -0.05) is 58.1 Å². The highest BCUT2D eigenvalue weighted by atomic mass is 14.5. The lowest BCUT2D eigenvalue weighted by Crippen LogP contribution is -2.33. The van der Waals surface area contributed by atoms with Crippen molar-refractivity contribution < 1.29 is 0 Å². The van der Waals surface area contributed by atoms with E-state index in [-0.39, 0.29) is 0 Å². The van der Waals surface area contributed by atoms with Gasteiger partial charge in [0.15, 0.2) is 0 Å². The molecule has 0 aromatic heterocycles. The van der Waals surface area contributed by atoms with Crippen molar-refractivity contribution in [3.05, 3.63) is 37.0 Å². The minimum atomic E-state index is 0.308. The predicted molar refractivity (Wildman–Crippen MR) is 103 cm³/mol. The van der Waals surface area contributed by atoms with E-state index in [0.29, 0.717) is 22.7 Å². The topological polar surface area (TPSA) is 0 Å². The highest BCUT2D eigenvalue weighted by Crippen LogP contribution is 2.58. The molecule has 0 nitrogen and oxygen atoms in total. The van der Waals surface area contributed by atoms with Crippen molar-refractivity contribution in [3.63, 3.8) is 0 Å². The highest BCUT2D eigenvalue weighted by molar-refractivity contribution is 5.26. The summed E-state index contributed by atoms with van der Waals surface area (Å²) >= 11 is 0. The summed E-state index contributed by atoms with van der Waals surface area (Å²) < 4.78 is 0. The quantitative estimate of drug-likeness (QED) is 0.455. The van der Waals surface area contributed by atoms with Gasteiger partial charge in [-0.3, -0.25) is 0 Å². The Balaban J connectivity index is 2.13. The van der Waals surface area contributed by atoms with Gasteiger partial charge >= 0.3 is 0 Å². The molecule has 0 radical (unpaired) electrons. The second kappa shape index (κ2) is 6.61. The second-order valence-corrected chi connectivity index (χ2v) is 9.30. The molecule has 0 amide bonds. The first-order valence-electron chi connectivity index (χ1n) is 9.63. The van der Waals surface area contributed by atoms with Crippen molar-refractivity contribution >= 4 is 0 Å². The fourth-order valence-corrected chi connectivity index (χ4v) is 5.74. The van der Waals surface area contributed by atoms with Crippen molar-refractivity contribution in [2.24, 2.45) is 34.5 Å². The van der Waals surface area contributed by atoms with Gasteiger partial charge in [0.25, 0.3) is 0 Å². The molecular formula is C23H38. The lowest BCUT2D eigenvalue weighted by atomic mass is 9.64. The van der Waals surface area contributed by atoms with Crippen LogP contribution in [0.2, 0.25) is 0 Å². The lowest BCUT2D eigenvalue weighted by molar-refractivity contribution is 0.110. The van der Waals surface area contributed by atoms with Crippen LogP contribution >= 0.6 is 0 Å². The summed E-state index contributed by atoms with van der Waals surface area (Å²) in [4.78, 5) is 0. The van der Waals surface area contributed by atoms with Crippen LogP contribution in [0.15, 0.2) is 37.0 Å². The molecule has 0 aromatic carbocycles. The van der Waals surface area contributed by atoms with Gasteiger partial charge in [-0.2, -0.15) is 0 Å². The Hall–Kier alpha value is -0.780. The van der Waals surface area contributed by atoms with E-state index in [1.807, 2.05) is 0 Å². The van der Waals surface area contributed by atoms with E-state index in [2.05, 4.69) is 60.4 Å². The minimum absolute atomic E-state index is 0.308. The van der Waals surface area contributed by atoms with E-state index in [4.69, 9.17) is 0 Å². The molecule has 3 unspecified atom stereocenters. The van der Waals surface area contributed by atoms with Crippen molar-refractivity contribution in [2.75, 3.05) is 0 Å². The van der Waals surface area contributed by atoms with E-state index < -0.39 is 0 Å². The molecule has 0 aromatic rings. The van der Waals surface area contributed by atoms with Crippen molar-refractivity contribution in [1.82, 2.24) is 0 Å². The summed E-state index contributed by atoms with van der Waals surface area (Å²) in [7, 11) is 0. The maximum atomic E-state index is 4.49. The number of allylic oxidation sites excluding steroid dienone is 3. The van der Waals surface area contributed by atoms with Crippen LogP contribution in [-0.4, -0.2) is 0 Å². The molecule has 0 bridgehead atoms. The van der Waals surface area contributed by atoms with Gasteiger partial charge < -0.3 is 0 Å². The van der Waals surface area contributed by atoms with Crippen LogP contribution in [0, 0.1) is 34.5 Å². The van der Waals surface area contributed by atoms with Gasteiger partial charge in [0.05, 0.1) is 0 Å². The van der Waals surface area contributed by atoms with E-state index in [1.54, 1.807) is 0 Å². The van der Waals surface area contributed by atoms with Crippen molar-refractivity contribution in [3.8, 4) is 0 Å². The van der Waals surface area contributed by atoms with E-state index >= 15 is 0 Å². The molecule has 0 heteroatoms. The third kappa shape index (κ3) is 3.24. The minimum Gasteiger partial charge on any atom is -0.103 e. The van der Waals surface area contributed by atoms with Crippen LogP contribution in [0.3, 0.4) is 0 Å². The van der Waals surface area contributed by atoms with Gasteiger partial charge in [0.2, 0.25) is 0 Å². The molecule has 0 spiro atoms. The molecular weight excluding hydrogens is 276 g/mol. The number of hydrogen-bond acceptors (Lipinski definition) is 0. The van der Waals surface area contributed by atoms with Crippen molar-refractivity contribution in [1.29, 1.82) is 0 Å². The number of rotatable bonds is 6. The van der Waals surface area contributed by atoms with E-state index in [0.717, 1.165) is 11.8 Å². The predicted octanol–water partition coefficient (Wildman–Crippen LogP) is 7.19. The summed E-state index contributed by atoms with van der Waals surface area (Å²) in [5.74, 6) is 2.84. The van der Waals surface area contributed by atoms with Crippen LogP contribution in [0.1, 0.15) is 73.1 Å². The maximum Gasteiger partial charge on any atom is 0.000454 e. The Bertz CT molecular complexity index is 482. The summed E-state index contributed by atoms with van der Waals surface area (Å²) in [6.45, 7) is 24.8. The Morgan fingerprint density at radius 2 is 1.87 bits per heavy atom. The Labute approximate surface area is 145 Å². The molecule has 0 saturated heterocycles. The molecule has 0 aliphatic heterocycles. The van der Waals surface area contributed by atoms with Crippen LogP contribution in [0.5, 0.6) is 0 Å². The van der Waals surface area contributed by atoms with Gasteiger partial charge in [-0.05, 0) is 74.0 Å². The molecule has 2 aliphatic rings. The molecule has 0 heterocycles. The normalized spacial score (nSPS) is 40.8. The molecule has 2 saturated carbocycles. The van der Waals surface area contributed by atoms with Crippen LogP contribution in [0.4, 0.5) is 0 Å². The molecule has 23 heavy (non-hydrogen) atoms. The first kappa shape index (κ1) is 18.6. The molecule has 0 N–H and O–H groups in total. The van der Waals surface area contributed by atoms with Gasteiger partial charge in [0, 0.05) is 5.92 Å². The van der Waals surface area contributed by atoms with Crippen LogP contribution in [-0.2, 0) is 0 Å². The zero-order valence-electron chi connectivity index (χ0n) is 16.3. The smallest absolute Gasteiger partial charge is 0.000454 e. The van der Waals surface area contributed by atoms with Crippen molar-refractivity contribution in [2.45, 2.75) is 73.1 Å². The SMILES string of the molecule is C=CC1CC[C@H](C(C)C)[C@@]1(C)CCC1(C)CCC(C(=C)C)C1=C. The summed E-state index contributed by atoms with van der Waals surface area (Å²) in [5, 5.41) is 0. The van der Waals surface area contributed by atoms with Crippen LogP contribution < -0.4 is 0 Å². The molecule has 130 valence electrons.